The Bertz CT molecular complexity index is 1130. The van der Waals surface area contributed by atoms with E-state index in [1.165, 1.54) is 45.6 Å². The first-order chi connectivity index (χ1) is 14.0. The first kappa shape index (κ1) is 19.5. The maximum Gasteiger partial charge on any atom is 0.386 e. The Balaban J connectivity index is 2.12. The Hall–Kier alpha value is -4.26. The maximum atomic E-state index is 12.8. The minimum absolute atomic E-state index is 0.00157. The number of anilines is 1. The van der Waals surface area contributed by atoms with E-state index in [1.54, 1.807) is 18.2 Å². The van der Waals surface area contributed by atoms with E-state index in [-0.39, 0.29) is 33.8 Å². The fraction of sp³-hybridized carbons (Fsp3) is 0.158. The number of para-hydroxylation sites is 2. The van der Waals surface area contributed by atoms with E-state index < -0.39 is 17.4 Å². The number of carbonyl (C=O) groups is 1. The molecule has 29 heavy (non-hydrogen) atoms. The summed E-state index contributed by atoms with van der Waals surface area (Å²) < 4.78 is 16.3. The highest BCUT2D eigenvalue weighted by molar-refractivity contribution is 6.04. The molecule has 0 atom stereocenters. The number of fused-ring (bicyclic) bond motifs is 1. The van der Waals surface area contributed by atoms with Crippen molar-refractivity contribution in [2.24, 2.45) is 0 Å². The summed E-state index contributed by atoms with van der Waals surface area (Å²) in [6, 6.07) is 10.4. The lowest BCUT2D eigenvalue weighted by molar-refractivity contribution is -0.620. The second-order valence-electron chi connectivity index (χ2n) is 5.75. The fourth-order valence-corrected chi connectivity index (χ4v) is 2.84. The number of ether oxygens (including phenoxy) is 3. The van der Waals surface area contributed by atoms with Gasteiger partial charge in [-0.05, 0) is 18.2 Å². The first-order valence-corrected chi connectivity index (χ1v) is 8.26. The molecule has 0 aliphatic carbocycles. The van der Waals surface area contributed by atoms with Crippen LogP contribution in [0.2, 0.25) is 0 Å². The molecule has 0 aliphatic rings. The Kier molecular flexibility index (Phi) is 5.23. The van der Waals surface area contributed by atoms with Crippen molar-refractivity contribution in [2.75, 3.05) is 26.6 Å². The summed E-state index contributed by atoms with van der Waals surface area (Å²) in [5, 5.41) is 36.9. The normalized spacial score (nSPS) is 10.3. The number of benzene rings is 2. The quantitative estimate of drug-likeness (QED) is 0.507. The standard InChI is InChI=1S/C19H16N4O6/c1-27-15-8-11(9-16(28-2)17(15)29-3)19(24)21-18-14(10-20)22(25)12-6-4-5-7-13(12)23(18)26/h4-9H,1-3H3,(H,21,24). The van der Waals surface area contributed by atoms with Crippen LogP contribution in [0, 0.1) is 21.7 Å². The lowest BCUT2D eigenvalue weighted by Gasteiger charge is -2.14. The smallest absolute Gasteiger partial charge is 0.386 e. The zero-order valence-corrected chi connectivity index (χ0v) is 15.8. The van der Waals surface area contributed by atoms with Crippen molar-refractivity contribution >= 4 is 22.8 Å². The van der Waals surface area contributed by atoms with E-state index in [9.17, 15) is 20.5 Å². The number of nitrogens with one attached hydrogen (secondary N) is 1. The lowest BCUT2D eigenvalue weighted by Crippen LogP contribution is -2.44. The molecule has 0 spiro atoms. The van der Waals surface area contributed by atoms with Gasteiger partial charge in [-0.3, -0.25) is 0 Å². The minimum Gasteiger partial charge on any atom is -0.710 e. The molecular weight excluding hydrogens is 380 g/mol. The van der Waals surface area contributed by atoms with Gasteiger partial charge in [0.2, 0.25) is 11.3 Å². The Morgan fingerprint density at radius 2 is 1.55 bits per heavy atom. The van der Waals surface area contributed by atoms with Crippen molar-refractivity contribution < 1.29 is 28.5 Å². The molecule has 0 unspecified atom stereocenters. The van der Waals surface area contributed by atoms with Crippen molar-refractivity contribution in [1.82, 2.24) is 0 Å². The van der Waals surface area contributed by atoms with Gasteiger partial charge in [-0.25, -0.2) is 9.52 Å². The zero-order chi connectivity index (χ0) is 21.1. The number of carbonyl (C=O) groups excluding carboxylic acids is 1. The van der Waals surface area contributed by atoms with Gasteiger partial charge in [0.1, 0.15) is 0 Å². The van der Waals surface area contributed by atoms with Crippen LogP contribution in [-0.2, 0) is 0 Å². The van der Waals surface area contributed by atoms with Crippen molar-refractivity contribution in [3.8, 4) is 23.3 Å². The van der Waals surface area contributed by atoms with Crippen LogP contribution in [0.3, 0.4) is 0 Å². The molecule has 0 aliphatic heterocycles. The van der Waals surface area contributed by atoms with Gasteiger partial charge >= 0.3 is 17.4 Å². The molecule has 148 valence electrons. The van der Waals surface area contributed by atoms with Gasteiger partial charge in [-0.15, -0.1) is 4.73 Å². The van der Waals surface area contributed by atoms with Crippen LogP contribution >= 0.6 is 0 Å². The van der Waals surface area contributed by atoms with Crippen molar-refractivity contribution in [3.63, 3.8) is 0 Å². The van der Waals surface area contributed by atoms with Gasteiger partial charge in [-0.1, -0.05) is 12.1 Å². The molecule has 2 aromatic carbocycles. The number of rotatable bonds is 5. The molecule has 0 saturated heterocycles. The average molecular weight is 396 g/mol. The van der Waals surface area contributed by atoms with Crippen LogP contribution in [0.25, 0.3) is 11.0 Å². The molecule has 3 rings (SSSR count). The number of methoxy groups -OCH3 is 3. The number of hydrogen-bond donors (Lipinski definition) is 1. The molecule has 10 nitrogen and oxygen atoms in total. The van der Waals surface area contributed by atoms with Crippen LogP contribution in [-0.4, -0.2) is 27.2 Å². The van der Waals surface area contributed by atoms with Crippen LogP contribution in [0.15, 0.2) is 36.4 Å². The third-order valence-corrected chi connectivity index (χ3v) is 4.21. The molecule has 10 heteroatoms. The Labute approximate surface area is 165 Å². The minimum atomic E-state index is -0.749. The van der Waals surface area contributed by atoms with E-state index in [0.717, 1.165) is 0 Å². The summed E-state index contributed by atoms with van der Waals surface area (Å²) in [4.78, 5) is 12.8. The summed E-state index contributed by atoms with van der Waals surface area (Å²) in [6.45, 7) is 0. The topological polar surface area (TPSA) is 134 Å². The van der Waals surface area contributed by atoms with Crippen molar-refractivity contribution in [2.45, 2.75) is 0 Å². The summed E-state index contributed by atoms with van der Waals surface area (Å²) >= 11 is 0. The van der Waals surface area contributed by atoms with Gasteiger partial charge in [0.05, 0.1) is 26.9 Å². The molecule has 1 N–H and O–H groups in total. The highest BCUT2D eigenvalue weighted by Crippen LogP contribution is 2.38. The molecule has 1 heterocycles. The second-order valence-corrected chi connectivity index (χ2v) is 5.75. The first-order valence-electron chi connectivity index (χ1n) is 8.26. The van der Waals surface area contributed by atoms with Gasteiger partial charge < -0.3 is 24.6 Å². The molecule has 0 fully saturated rings. The van der Waals surface area contributed by atoms with E-state index in [2.05, 4.69) is 5.32 Å². The SMILES string of the molecule is COc1cc(C(=O)Nc2c(C#N)[n+]([O-])c3ccccc3[n+]2[O-])cc(OC)c1OC. The van der Waals surface area contributed by atoms with Gasteiger partial charge in [0, 0.05) is 6.07 Å². The Morgan fingerprint density at radius 1 is 1.00 bits per heavy atom. The predicted octanol–water partition coefficient (Wildman–Crippen LogP) is 1.26. The van der Waals surface area contributed by atoms with E-state index in [1.807, 2.05) is 0 Å². The van der Waals surface area contributed by atoms with Gasteiger partial charge in [0.25, 0.3) is 5.52 Å². The maximum absolute atomic E-state index is 12.8. The highest BCUT2D eigenvalue weighted by Gasteiger charge is 2.30. The molecule has 0 saturated carbocycles. The van der Waals surface area contributed by atoms with Gasteiger partial charge in [-0.2, -0.15) is 10.6 Å². The van der Waals surface area contributed by atoms with E-state index in [4.69, 9.17) is 14.2 Å². The lowest BCUT2D eigenvalue weighted by atomic mass is 10.1. The van der Waals surface area contributed by atoms with Gasteiger partial charge in [0.15, 0.2) is 17.6 Å². The molecular formula is C19H16N4O6. The Morgan fingerprint density at radius 3 is 2.03 bits per heavy atom. The fourth-order valence-electron chi connectivity index (χ4n) is 2.84. The molecule has 0 bridgehead atoms. The van der Waals surface area contributed by atoms with Crippen LogP contribution in [0.1, 0.15) is 16.1 Å². The molecule has 3 aromatic rings. The highest BCUT2D eigenvalue weighted by atomic mass is 16.5. The second kappa shape index (κ2) is 7.77. The molecule has 0 radical (unpaired) electrons. The number of nitrogens with zero attached hydrogens (tertiary/aromatic N) is 3. The average Bonchev–Trinajstić information content (AvgIpc) is 2.76. The predicted molar refractivity (Wildman–Crippen MR) is 101 cm³/mol. The number of amides is 1. The number of hydrogen-bond acceptors (Lipinski definition) is 7. The van der Waals surface area contributed by atoms with Crippen LogP contribution in [0.5, 0.6) is 17.2 Å². The van der Waals surface area contributed by atoms with Crippen LogP contribution < -0.4 is 29.0 Å². The summed E-state index contributed by atoms with van der Waals surface area (Å²) in [6.07, 6.45) is 0. The number of nitriles is 1. The van der Waals surface area contributed by atoms with Crippen molar-refractivity contribution in [1.29, 1.82) is 5.26 Å². The van der Waals surface area contributed by atoms with E-state index >= 15 is 0 Å². The summed E-state index contributed by atoms with van der Waals surface area (Å²) in [7, 11) is 4.20. The third kappa shape index (κ3) is 3.25. The molecule has 1 aromatic heterocycles. The van der Waals surface area contributed by atoms with Crippen molar-refractivity contribution in [3.05, 3.63) is 58.1 Å². The third-order valence-electron chi connectivity index (χ3n) is 4.21. The number of aromatic nitrogens is 2. The monoisotopic (exact) mass is 396 g/mol. The summed E-state index contributed by atoms with van der Waals surface area (Å²) in [5.74, 6) is -0.498. The summed E-state index contributed by atoms with van der Waals surface area (Å²) in [5.41, 5.74) is -0.472. The largest absolute Gasteiger partial charge is 0.710 e. The van der Waals surface area contributed by atoms with Crippen LogP contribution in [0.4, 0.5) is 5.82 Å². The zero-order valence-electron chi connectivity index (χ0n) is 15.8. The molecule has 1 amide bonds. The van der Waals surface area contributed by atoms with E-state index in [0.29, 0.717) is 9.46 Å².